The second-order valence-electron chi connectivity index (χ2n) is 13.6. The third-order valence-electron chi connectivity index (χ3n) is 12.1. The SMILES string of the molecule is O=C1C([C@@H]2CC[C@H]3[C@@H]4CCCN5CCC[C@H](CN3C2=O)[C@H]45)=CC[C@H]2[C@@H]3CCCN4CCC[C@H](CN12)[C@H]34. The molecule has 0 saturated carbocycles. The zero-order chi connectivity index (χ0) is 24.0. The second kappa shape index (κ2) is 8.56. The van der Waals surface area contributed by atoms with Gasteiger partial charge in [0, 0.05) is 42.8 Å². The van der Waals surface area contributed by atoms with Crippen molar-refractivity contribution in [1.29, 1.82) is 0 Å². The Morgan fingerprint density at radius 1 is 0.639 bits per heavy atom. The molecule has 8 aliphatic rings. The highest BCUT2D eigenvalue weighted by molar-refractivity contribution is 6.01. The molecule has 0 unspecified atom stereocenters. The van der Waals surface area contributed by atoms with Gasteiger partial charge in [-0.3, -0.25) is 19.4 Å². The molecule has 0 aromatic rings. The first-order valence-electron chi connectivity index (χ1n) is 15.5. The van der Waals surface area contributed by atoms with Crippen LogP contribution in [-0.4, -0.2) is 94.8 Å². The van der Waals surface area contributed by atoms with Crippen LogP contribution >= 0.6 is 0 Å². The Bertz CT molecular complexity index is 961. The summed E-state index contributed by atoms with van der Waals surface area (Å²) in [6.45, 7) is 6.90. The molecule has 0 aliphatic carbocycles. The van der Waals surface area contributed by atoms with Crippen LogP contribution in [0.1, 0.15) is 70.6 Å². The Morgan fingerprint density at radius 3 is 1.89 bits per heavy atom. The minimum Gasteiger partial charge on any atom is -0.339 e. The number of rotatable bonds is 1. The standard InChI is InChI=1S/C30H44N4O2/c35-29-21(9-11-25-23-7-3-15-31-13-1-5-19(27(23)31)17-33(25)29)22-10-12-26-24-8-4-16-32-14-2-6-20(28(24)32)18-34(26)30(22)36/h9,19-20,22-28H,1-8,10-18H2/t19-,20-,22+,23+,24+,25+,26+,27-,28-/m1/s1. The molecule has 0 aromatic carbocycles. The first kappa shape index (κ1) is 22.6. The fourth-order valence-corrected chi connectivity index (χ4v) is 10.9. The summed E-state index contributed by atoms with van der Waals surface area (Å²) in [7, 11) is 0. The van der Waals surface area contributed by atoms with Gasteiger partial charge in [-0.15, -0.1) is 0 Å². The van der Waals surface area contributed by atoms with Gasteiger partial charge in [0.15, 0.2) is 0 Å². The summed E-state index contributed by atoms with van der Waals surface area (Å²) < 4.78 is 0. The summed E-state index contributed by atoms with van der Waals surface area (Å²) in [4.78, 5) is 38.2. The lowest BCUT2D eigenvalue weighted by Gasteiger charge is -2.60. The van der Waals surface area contributed by atoms with Gasteiger partial charge in [0.2, 0.25) is 5.91 Å². The molecule has 196 valence electrons. The molecule has 0 spiro atoms. The Labute approximate surface area is 216 Å². The molecular weight excluding hydrogens is 448 g/mol. The molecular formula is C30H44N4O2. The van der Waals surface area contributed by atoms with Crippen LogP contribution in [0, 0.1) is 29.6 Å². The second-order valence-corrected chi connectivity index (χ2v) is 13.6. The van der Waals surface area contributed by atoms with Crippen LogP contribution in [0.5, 0.6) is 0 Å². The van der Waals surface area contributed by atoms with E-state index in [-0.39, 0.29) is 11.8 Å². The van der Waals surface area contributed by atoms with E-state index in [2.05, 4.69) is 25.7 Å². The van der Waals surface area contributed by atoms with Crippen molar-refractivity contribution < 1.29 is 9.59 Å². The van der Waals surface area contributed by atoms with E-state index in [1.54, 1.807) is 0 Å². The number of hydrogen-bond donors (Lipinski definition) is 0. The molecule has 0 aromatic heterocycles. The summed E-state index contributed by atoms with van der Waals surface area (Å²) in [5, 5.41) is 0. The van der Waals surface area contributed by atoms with Gasteiger partial charge < -0.3 is 9.80 Å². The first-order valence-corrected chi connectivity index (χ1v) is 15.5. The number of fused-ring (bicyclic) bond motifs is 4. The molecule has 8 aliphatic heterocycles. The van der Waals surface area contributed by atoms with Crippen LogP contribution in [0.15, 0.2) is 11.6 Å². The van der Waals surface area contributed by atoms with E-state index in [4.69, 9.17) is 0 Å². The first-order chi connectivity index (χ1) is 17.7. The minimum atomic E-state index is -0.193. The predicted octanol–water partition coefficient (Wildman–Crippen LogP) is 3.13. The van der Waals surface area contributed by atoms with Crippen molar-refractivity contribution in [3.8, 4) is 0 Å². The van der Waals surface area contributed by atoms with Crippen molar-refractivity contribution in [2.24, 2.45) is 29.6 Å². The van der Waals surface area contributed by atoms with E-state index < -0.39 is 0 Å². The average molecular weight is 493 g/mol. The average Bonchev–Trinajstić information content (AvgIpc) is 2.91. The van der Waals surface area contributed by atoms with E-state index in [0.717, 1.165) is 37.9 Å². The quantitative estimate of drug-likeness (QED) is 0.564. The van der Waals surface area contributed by atoms with Gasteiger partial charge in [0.05, 0.1) is 5.92 Å². The molecule has 9 atom stereocenters. The summed E-state index contributed by atoms with van der Waals surface area (Å²) in [5.74, 6) is 2.88. The largest absolute Gasteiger partial charge is 0.339 e. The van der Waals surface area contributed by atoms with Gasteiger partial charge in [-0.1, -0.05) is 6.08 Å². The highest BCUT2D eigenvalue weighted by Crippen LogP contribution is 2.48. The molecule has 0 bridgehead atoms. The number of piperidine rings is 7. The lowest BCUT2D eigenvalue weighted by molar-refractivity contribution is -0.158. The van der Waals surface area contributed by atoms with Crippen molar-refractivity contribution in [3.63, 3.8) is 0 Å². The molecule has 8 heterocycles. The molecule has 0 N–H and O–H groups in total. The number of carbonyl (C=O) groups is 2. The van der Waals surface area contributed by atoms with Crippen molar-refractivity contribution in [2.45, 2.75) is 94.8 Å². The Morgan fingerprint density at radius 2 is 1.22 bits per heavy atom. The van der Waals surface area contributed by atoms with Crippen LogP contribution in [-0.2, 0) is 9.59 Å². The molecule has 2 amide bonds. The number of amides is 2. The summed E-state index contributed by atoms with van der Waals surface area (Å²) in [6.07, 6.45) is 15.4. The normalized spacial score (nSPS) is 46.9. The highest BCUT2D eigenvalue weighted by Gasteiger charge is 2.55. The van der Waals surface area contributed by atoms with Gasteiger partial charge in [-0.05, 0) is 120 Å². The van der Waals surface area contributed by atoms with Crippen LogP contribution in [0.4, 0.5) is 0 Å². The highest BCUT2D eigenvalue weighted by atomic mass is 16.2. The Hall–Kier alpha value is -1.40. The van der Waals surface area contributed by atoms with Crippen LogP contribution in [0.3, 0.4) is 0 Å². The van der Waals surface area contributed by atoms with Crippen molar-refractivity contribution in [3.05, 3.63) is 11.6 Å². The summed E-state index contributed by atoms with van der Waals surface area (Å²) in [6, 6.07) is 2.18. The van der Waals surface area contributed by atoms with E-state index in [1.807, 2.05) is 0 Å². The maximum atomic E-state index is 14.1. The lowest BCUT2D eigenvalue weighted by atomic mass is 9.66. The monoisotopic (exact) mass is 492 g/mol. The number of hydrogen-bond acceptors (Lipinski definition) is 4. The predicted molar refractivity (Wildman–Crippen MR) is 138 cm³/mol. The van der Waals surface area contributed by atoms with E-state index in [0.29, 0.717) is 53.7 Å². The van der Waals surface area contributed by atoms with E-state index >= 15 is 0 Å². The van der Waals surface area contributed by atoms with Gasteiger partial charge in [-0.2, -0.15) is 0 Å². The van der Waals surface area contributed by atoms with E-state index in [1.165, 1.54) is 77.5 Å². The maximum Gasteiger partial charge on any atom is 0.250 e. The fourth-order valence-electron chi connectivity index (χ4n) is 10.9. The Kier molecular flexibility index (Phi) is 5.37. The Balaban J connectivity index is 1.05. The molecule has 7 saturated heterocycles. The number of carbonyl (C=O) groups excluding carboxylic acids is 2. The van der Waals surface area contributed by atoms with Crippen molar-refractivity contribution >= 4 is 11.8 Å². The fraction of sp³-hybridized carbons (Fsp3) is 0.867. The number of nitrogens with zero attached hydrogens (tertiary/aromatic N) is 4. The van der Waals surface area contributed by atoms with Gasteiger partial charge >= 0.3 is 0 Å². The van der Waals surface area contributed by atoms with Crippen LogP contribution < -0.4 is 0 Å². The van der Waals surface area contributed by atoms with Crippen molar-refractivity contribution in [2.75, 3.05) is 39.3 Å². The zero-order valence-electron chi connectivity index (χ0n) is 21.9. The molecule has 0 radical (unpaired) electrons. The van der Waals surface area contributed by atoms with Gasteiger partial charge in [0.25, 0.3) is 5.91 Å². The van der Waals surface area contributed by atoms with Crippen LogP contribution in [0.25, 0.3) is 0 Å². The lowest BCUT2D eigenvalue weighted by Crippen LogP contribution is -2.68. The third-order valence-corrected chi connectivity index (χ3v) is 12.1. The smallest absolute Gasteiger partial charge is 0.250 e. The maximum absolute atomic E-state index is 14.1. The third kappa shape index (κ3) is 3.22. The van der Waals surface area contributed by atoms with Gasteiger partial charge in [0.1, 0.15) is 0 Å². The molecule has 36 heavy (non-hydrogen) atoms. The topological polar surface area (TPSA) is 47.1 Å². The van der Waals surface area contributed by atoms with Crippen LogP contribution in [0.2, 0.25) is 0 Å². The molecule has 6 heteroatoms. The van der Waals surface area contributed by atoms with Crippen molar-refractivity contribution in [1.82, 2.24) is 19.6 Å². The summed E-state index contributed by atoms with van der Waals surface area (Å²) in [5.41, 5.74) is 0.868. The summed E-state index contributed by atoms with van der Waals surface area (Å²) >= 11 is 0. The van der Waals surface area contributed by atoms with Gasteiger partial charge in [-0.25, -0.2) is 0 Å². The molecule has 7 fully saturated rings. The molecule has 8 rings (SSSR count). The minimum absolute atomic E-state index is 0.193. The van der Waals surface area contributed by atoms with E-state index in [9.17, 15) is 9.59 Å². The zero-order valence-corrected chi connectivity index (χ0v) is 21.9. The molecule has 6 nitrogen and oxygen atoms in total.